The van der Waals surface area contributed by atoms with E-state index < -0.39 is 5.41 Å². The van der Waals surface area contributed by atoms with Crippen LogP contribution in [-0.4, -0.2) is 4.98 Å². The molecule has 1 aromatic heterocycles. The largest absolute Gasteiger partial charge is 0.248 e. The van der Waals surface area contributed by atoms with Crippen molar-refractivity contribution in [3.63, 3.8) is 0 Å². The van der Waals surface area contributed by atoms with Crippen LogP contribution in [0.4, 0.5) is 0 Å². The molecule has 0 fully saturated rings. The van der Waals surface area contributed by atoms with E-state index >= 15 is 0 Å². The van der Waals surface area contributed by atoms with Crippen LogP contribution in [0.1, 0.15) is 47.2 Å². The minimum atomic E-state index is -0.509. The summed E-state index contributed by atoms with van der Waals surface area (Å²) in [6.45, 7) is 4.77. The fourth-order valence-electron chi connectivity index (χ4n) is 9.94. The minimum Gasteiger partial charge on any atom is -0.248 e. The number of aromatic nitrogens is 1. The van der Waals surface area contributed by atoms with Crippen LogP contribution in [0.3, 0.4) is 0 Å². The maximum Gasteiger partial charge on any atom is 0.0722 e. The summed E-state index contributed by atoms with van der Waals surface area (Å²) in [6.07, 6.45) is 0. The molecule has 1 heterocycles. The Hall–Kier alpha value is -6.83. The molecule has 0 N–H and O–H groups in total. The predicted octanol–water partition coefficient (Wildman–Crippen LogP) is 13.9. The third-order valence-electron chi connectivity index (χ3n) is 12.5. The Bertz CT molecular complexity index is 2880. The van der Waals surface area contributed by atoms with Gasteiger partial charge in [-0.05, 0) is 102 Å². The molecule has 56 heavy (non-hydrogen) atoms. The van der Waals surface area contributed by atoms with E-state index in [1.807, 2.05) is 0 Å². The summed E-state index contributed by atoms with van der Waals surface area (Å²) in [5.74, 6) is 0. The summed E-state index contributed by atoms with van der Waals surface area (Å²) >= 11 is 0. The first-order valence-electron chi connectivity index (χ1n) is 19.6. The van der Waals surface area contributed by atoms with Crippen molar-refractivity contribution < 1.29 is 0 Å². The van der Waals surface area contributed by atoms with Gasteiger partial charge in [-0.3, -0.25) is 0 Å². The van der Waals surface area contributed by atoms with E-state index in [9.17, 15) is 0 Å². The zero-order chi connectivity index (χ0) is 37.4. The molecule has 0 saturated carbocycles. The Morgan fingerprint density at radius 3 is 1.59 bits per heavy atom. The topological polar surface area (TPSA) is 12.9 Å². The number of nitrogens with zero attached hydrogens (tertiary/aromatic N) is 1. The molecule has 0 saturated heterocycles. The lowest BCUT2D eigenvalue weighted by molar-refractivity contribution is 0.563. The lowest BCUT2D eigenvalue weighted by Crippen LogP contribution is -2.40. The Morgan fingerprint density at radius 1 is 0.321 bits per heavy atom. The van der Waals surface area contributed by atoms with Gasteiger partial charge in [0.15, 0.2) is 0 Å². The van der Waals surface area contributed by atoms with Crippen LogP contribution in [0.25, 0.3) is 66.7 Å². The van der Waals surface area contributed by atoms with Gasteiger partial charge in [0, 0.05) is 16.5 Å². The third kappa shape index (κ3) is 4.71. The van der Waals surface area contributed by atoms with Gasteiger partial charge in [0.1, 0.15) is 0 Å². The van der Waals surface area contributed by atoms with Gasteiger partial charge in [-0.25, -0.2) is 4.98 Å². The van der Waals surface area contributed by atoms with Crippen molar-refractivity contribution in [1.82, 2.24) is 4.98 Å². The van der Waals surface area contributed by atoms with Gasteiger partial charge in [-0.15, -0.1) is 0 Å². The zero-order valence-corrected chi connectivity index (χ0v) is 31.5. The van der Waals surface area contributed by atoms with Crippen molar-refractivity contribution in [2.45, 2.75) is 24.7 Å². The summed E-state index contributed by atoms with van der Waals surface area (Å²) in [6, 6.07) is 73.9. The van der Waals surface area contributed by atoms with Gasteiger partial charge < -0.3 is 0 Å². The van der Waals surface area contributed by atoms with Crippen molar-refractivity contribution in [3.05, 3.63) is 234 Å². The number of rotatable bonds is 4. The SMILES string of the molecule is CC1(C)c2ccccc2C2(c3ccc(-c4ccc5ccccc5c4)cc3-c3c(-c4cc(-c5ccccc5)cc(-c5ccccc5)n4)cccc32)c2ccccc21. The van der Waals surface area contributed by atoms with E-state index in [4.69, 9.17) is 4.98 Å². The molecular weight excluding hydrogens is 675 g/mol. The van der Waals surface area contributed by atoms with Crippen LogP contribution in [0.2, 0.25) is 0 Å². The molecule has 264 valence electrons. The highest BCUT2D eigenvalue weighted by molar-refractivity contribution is 5.98. The highest BCUT2D eigenvalue weighted by atomic mass is 14.7. The minimum absolute atomic E-state index is 0.167. The highest BCUT2D eigenvalue weighted by Crippen LogP contribution is 2.63. The lowest BCUT2D eigenvalue weighted by atomic mass is 9.55. The zero-order valence-electron chi connectivity index (χ0n) is 31.5. The predicted molar refractivity (Wildman–Crippen MR) is 233 cm³/mol. The number of fused-ring (bicyclic) bond motifs is 10. The van der Waals surface area contributed by atoms with E-state index in [0.29, 0.717) is 0 Å². The van der Waals surface area contributed by atoms with Crippen LogP contribution >= 0.6 is 0 Å². The highest BCUT2D eigenvalue weighted by Gasteiger charge is 2.53. The summed E-state index contributed by atoms with van der Waals surface area (Å²) in [5, 5.41) is 2.50. The summed E-state index contributed by atoms with van der Waals surface area (Å²) in [7, 11) is 0. The van der Waals surface area contributed by atoms with Crippen molar-refractivity contribution in [2.75, 3.05) is 0 Å². The molecule has 0 amide bonds. The van der Waals surface area contributed by atoms with E-state index in [-0.39, 0.29) is 5.41 Å². The van der Waals surface area contributed by atoms with Gasteiger partial charge in [0.25, 0.3) is 0 Å². The molecule has 1 spiro atoms. The molecule has 9 aromatic rings. The Labute approximate surface area is 328 Å². The molecule has 2 aliphatic carbocycles. The molecule has 0 bridgehead atoms. The second-order valence-electron chi connectivity index (χ2n) is 15.9. The van der Waals surface area contributed by atoms with E-state index in [0.717, 1.165) is 28.1 Å². The molecule has 2 aliphatic rings. The molecule has 0 atom stereocenters. The van der Waals surface area contributed by atoms with E-state index in [2.05, 4.69) is 214 Å². The molecule has 0 radical (unpaired) electrons. The van der Waals surface area contributed by atoms with E-state index in [1.54, 1.807) is 0 Å². The number of pyridine rings is 1. The first-order valence-corrected chi connectivity index (χ1v) is 19.6. The summed E-state index contributed by atoms with van der Waals surface area (Å²) < 4.78 is 0. The molecule has 1 heteroatoms. The molecule has 1 nitrogen and oxygen atoms in total. The molecule has 11 rings (SSSR count). The second-order valence-corrected chi connectivity index (χ2v) is 15.9. The number of hydrogen-bond donors (Lipinski definition) is 0. The van der Waals surface area contributed by atoms with Crippen LogP contribution < -0.4 is 0 Å². The van der Waals surface area contributed by atoms with Gasteiger partial charge in [0.2, 0.25) is 0 Å². The van der Waals surface area contributed by atoms with Crippen molar-refractivity contribution in [1.29, 1.82) is 0 Å². The fraction of sp³-hybridized carbons (Fsp3) is 0.0727. The molecule has 0 aliphatic heterocycles. The first-order chi connectivity index (χ1) is 27.5. The van der Waals surface area contributed by atoms with Crippen LogP contribution in [0, 0.1) is 0 Å². The van der Waals surface area contributed by atoms with Gasteiger partial charge in [-0.2, -0.15) is 0 Å². The second kappa shape index (κ2) is 12.3. The van der Waals surface area contributed by atoms with Crippen molar-refractivity contribution >= 4 is 10.8 Å². The first kappa shape index (κ1) is 32.6. The summed E-state index contributed by atoms with van der Waals surface area (Å²) in [5.41, 5.74) is 18.9. The maximum atomic E-state index is 5.51. The van der Waals surface area contributed by atoms with Gasteiger partial charge in [-0.1, -0.05) is 190 Å². The van der Waals surface area contributed by atoms with Crippen molar-refractivity contribution in [3.8, 4) is 55.9 Å². The van der Waals surface area contributed by atoms with Crippen LogP contribution in [0.5, 0.6) is 0 Å². The monoisotopic (exact) mass is 713 g/mol. The normalized spacial score (nSPS) is 14.2. The lowest BCUT2D eigenvalue weighted by Gasteiger charge is -2.46. The quantitative estimate of drug-likeness (QED) is 0.177. The molecule has 8 aromatic carbocycles. The maximum absolute atomic E-state index is 5.51. The van der Waals surface area contributed by atoms with Gasteiger partial charge >= 0.3 is 0 Å². The Balaban J connectivity index is 1.25. The molecule has 0 unspecified atom stereocenters. The average molecular weight is 714 g/mol. The standard InChI is InChI=1S/C55H39N/c1-54(2)46-23-11-13-25-48(46)55(49-26-14-12-24-47(49)54)45-31-30-41(40-29-28-37-18-9-10-21-39(37)32-40)33-44(45)53-43(22-15-27-50(53)55)52-35-42(36-16-5-3-6-17-36)34-51(56-52)38-19-7-4-8-20-38/h3-35H,1-2H3. The van der Waals surface area contributed by atoms with Crippen LogP contribution in [0.15, 0.2) is 200 Å². The fourth-order valence-corrected chi connectivity index (χ4v) is 9.94. The smallest absolute Gasteiger partial charge is 0.0722 e. The summed E-state index contributed by atoms with van der Waals surface area (Å²) in [4.78, 5) is 5.51. The van der Waals surface area contributed by atoms with E-state index in [1.165, 1.54) is 72.0 Å². The third-order valence-corrected chi connectivity index (χ3v) is 12.5. The van der Waals surface area contributed by atoms with Crippen molar-refractivity contribution in [2.24, 2.45) is 0 Å². The molecular formula is C55H39N. The average Bonchev–Trinajstić information content (AvgIpc) is 3.56. The Kier molecular flexibility index (Phi) is 7.18. The number of benzene rings is 8. The van der Waals surface area contributed by atoms with Crippen LogP contribution in [-0.2, 0) is 10.8 Å². The number of hydrogen-bond acceptors (Lipinski definition) is 1. The Morgan fingerprint density at radius 2 is 0.875 bits per heavy atom. The van der Waals surface area contributed by atoms with Gasteiger partial charge in [0.05, 0.1) is 16.8 Å².